The quantitative estimate of drug-likeness (QED) is 0.583. The zero-order valence-electron chi connectivity index (χ0n) is 10.4. The molecular weight excluding hydrogens is 278 g/mol. The number of anilines is 1. The van der Waals surface area contributed by atoms with Crippen molar-refractivity contribution in [1.29, 1.82) is 0 Å². The molecule has 0 amide bonds. The number of carbonyl (C=O) groups is 1. The predicted octanol–water partition coefficient (Wildman–Crippen LogP) is 4.05. The summed E-state index contributed by atoms with van der Waals surface area (Å²) in [5, 5.41) is 0. The molecule has 0 aliphatic rings. The molecule has 17 heavy (non-hydrogen) atoms. The van der Waals surface area contributed by atoms with Crippen LogP contribution in [0.4, 0.5) is 5.69 Å². The summed E-state index contributed by atoms with van der Waals surface area (Å²) in [6.45, 7) is 9.30. The fourth-order valence-electron chi connectivity index (χ4n) is 1.74. The minimum Gasteiger partial charge on any atom is -0.368 e. The van der Waals surface area contributed by atoms with E-state index in [9.17, 15) is 4.79 Å². The molecule has 0 heterocycles. The van der Waals surface area contributed by atoms with Crippen molar-refractivity contribution in [2.75, 3.05) is 18.0 Å². The minimum absolute atomic E-state index is 0.0780. The number of hydrogen-bond acceptors (Lipinski definition) is 2. The van der Waals surface area contributed by atoms with Crippen LogP contribution in [0.3, 0.4) is 0 Å². The van der Waals surface area contributed by atoms with Crippen LogP contribution in [0, 0.1) is 0 Å². The van der Waals surface area contributed by atoms with Crippen LogP contribution in [0.15, 0.2) is 35.3 Å². The molecule has 0 saturated heterocycles. The Hall–Kier alpha value is -1.09. The Kier molecular flexibility index (Phi) is 5.42. The van der Waals surface area contributed by atoms with E-state index in [1.165, 1.54) is 0 Å². The number of rotatable bonds is 6. The molecule has 0 N–H and O–H groups in total. The molecule has 1 rings (SSSR count). The monoisotopic (exact) mass is 295 g/mol. The van der Waals surface area contributed by atoms with Crippen LogP contribution in [-0.2, 0) is 0 Å². The average molecular weight is 296 g/mol. The zero-order chi connectivity index (χ0) is 12.8. The van der Waals surface area contributed by atoms with Crippen molar-refractivity contribution in [2.24, 2.45) is 0 Å². The fraction of sp³-hybridized carbons (Fsp3) is 0.357. The first-order chi connectivity index (χ1) is 8.10. The Morgan fingerprint density at radius 2 is 2.24 bits per heavy atom. The van der Waals surface area contributed by atoms with Gasteiger partial charge in [-0.15, -0.1) is 6.58 Å². The van der Waals surface area contributed by atoms with Crippen LogP contribution in [0.25, 0.3) is 0 Å². The lowest BCUT2D eigenvalue weighted by Gasteiger charge is -2.23. The summed E-state index contributed by atoms with van der Waals surface area (Å²) in [6.07, 6.45) is 2.97. The normalized spacial score (nSPS) is 10.1. The van der Waals surface area contributed by atoms with Gasteiger partial charge < -0.3 is 4.90 Å². The number of Topliss-reactive ketones (excluding diaryl/α,β-unsaturated/α-hetero) is 1. The van der Waals surface area contributed by atoms with Gasteiger partial charge in [0.25, 0.3) is 0 Å². The van der Waals surface area contributed by atoms with E-state index in [0.717, 1.165) is 35.2 Å². The molecule has 92 valence electrons. The van der Waals surface area contributed by atoms with Gasteiger partial charge in [0.05, 0.1) is 0 Å². The number of carbonyl (C=O) groups excluding carboxylic acids is 1. The highest BCUT2D eigenvalue weighted by atomic mass is 79.9. The molecule has 0 aliphatic carbocycles. The molecule has 0 aromatic heterocycles. The lowest BCUT2D eigenvalue weighted by atomic mass is 10.1. The van der Waals surface area contributed by atoms with E-state index in [4.69, 9.17) is 0 Å². The zero-order valence-corrected chi connectivity index (χ0v) is 12.0. The van der Waals surface area contributed by atoms with Gasteiger partial charge in [-0.1, -0.05) is 13.0 Å². The predicted molar refractivity (Wildman–Crippen MR) is 76.8 cm³/mol. The van der Waals surface area contributed by atoms with Crippen molar-refractivity contribution in [3.05, 3.63) is 40.9 Å². The highest BCUT2D eigenvalue weighted by molar-refractivity contribution is 9.10. The maximum absolute atomic E-state index is 11.3. The van der Waals surface area contributed by atoms with E-state index in [1.807, 2.05) is 24.3 Å². The lowest BCUT2D eigenvalue weighted by Crippen LogP contribution is -2.24. The Morgan fingerprint density at radius 3 is 2.71 bits per heavy atom. The molecule has 3 heteroatoms. The van der Waals surface area contributed by atoms with Gasteiger partial charge in [0.1, 0.15) is 0 Å². The minimum atomic E-state index is 0.0780. The van der Waals surface area contributed by atoms with Gasteiger partial charge in [0.2, 0.25) is 0 Å². The van der Waals surface area contributed by atoms with Gasteiger partial charge >= 0.3 is 0 Å². The third kappa shape index (κ3) is 3.70. The van der Waals surface area contributed by atoms with Crippen LogP contribution in [0.1, 0.15) is 30.6 Å². The summed E-state index contributed by atoms with van der Waals surface area (Å²) in [7, 11) is 0. The third-order valence-electron chi connectivity index (χ3n) is 2.54. The van der Waals surface area contributed by atoms with Crippen LogP contribution in [-0.4, -0.2) is 18.9 Å². The van der Waals surface area contributed by atoms with Crippen molar-refractivity contribution in [3.8, 4) is 0 Å². The summed E-state index contributed by atoms with van der Waals surface area (Å²) in [4.78, 5) is 13.6. The topological polar surface area (TPSA) is 20.3 Å². The van der Waals surface area contributed by atoms with Gasteiger partial charge in [-0.2, -0.15) is 0 Å². The second-order valence-electron chi connectivity index (χ2n) is 3.96. The number of halogens is 1. The molecule has 0 bridgehead atoms. The van der Waals surface area contributed by atoms with Crippen LogP contribution >= 0.6 is 15.9 Å². The number of hydrogen-bond donors (Lipinski definition) is 0. The van der Waals surface area contributed by atoms with Crippen LogP contribution < -0.4 is 4.90 Å². The van der Waals surface area contributed by atoms with Crippen molar-refractivity contribution >= 4 is 27.4 Å². The SMILES string of the molecule is C=CCN(CCC)c1ccc(C(C)=O)c(Br)c1. The van der Waals surface area contributed by atoms with Crippen molar-refractivity contribution in [3.63, 3.8) is 0 Å². The Morgan fingerprint density at radius 1 is 1.53 bits per heavy atom. The molecular formula is C14H18BrNO. The fourth-order valence-corrected chi connectivity index (χ4v) is 2.38. The molecule has 1 aromatic rings. The molecule has 0 saturated carbocycles. The largest absolute Gasteiger partial charge is 0.368 e. The standard InChI is InChI=1S/C14H18BrNO/c1-4-8-16(9-5-2)12-6-7-13(11(3)17)14(15)10-12/h4,6-7,10H,1,5,8-9H2,2-3H3. The van der Waals surface area contributed by atoms with E-state index in [2.05, 4.69) is 34.3 Å². The van der Waals surface area contributed by atoms with Crippen molar-refractivity contribution in [1.82, 2.24) is 0 Å². The van der Waals surface area contributed by atoms with Gasteiger partial charge in [0, 0.05) is 28.8 Å². The van der Waals surface area contributed by atoms with Crippen LogP contribution in [0.5, 0.6) is 0 Å². The molecule has 2 nitrogen and oxygen atoms in total. The van der Waals surface area contributed by atoms with E-state index >= 15 is 0 Å². The Labute approximate surface area is 111 Å². The second-order valence-corrected chi connectivity index (χ2v) is 4.81. The third-order valence-corrected chi connectivity index (χ3v) is 3.20. The summed E-state index contributed by atoms with van der Waals surface area (Å²) < 4.78 is 0.854. The molecule has 0 unspecified atom stereocenters. The average Bonchev–Trinajstić information content (AvgIpc) is 2.28. The summed E-state index contributed by atoms with van der Waals surface area (Å²) in [5.41, 5.74) is 1.84. The first kappa shape index (κ1) is 14.0. The summed E-state index contributed by atoms with van der Waals surface area (Å²) in [5.74, 6) is 0.0780. The summed E-state index contributed by atoms with van der Waals surface area (Å²) >= 11 is 3.44. The highest BCUT2D eigenvalue weighted by Gasteiger charge is 2.09. The maximum atomic E-state index is 11.3. The van der Waals surface area contributed by atoms with E-state index < -0.39 is 0 Å². The van der Waals surface area contributed by atoms with E-state index in [-0.39, 0.29) is 5.78 Å². The van der Waals surface area contributed by atoms with Crippen LogP contribution in [0.2, 0.25) is 0 Å². The Balaban J connectivity index is 3.01. The lowest BCUT2D eigenvalue weighted by molar-refractivity contribution is 0.101. The first-order valence-electron chi connectivity index (χ1n) is 5.76. The first-order valence-corrected chi connectivity index (χ1v) is 6.55. The molecule has 0 aliphatic heterocycles. The van der Waals surface area contributed by atoms with Gasteiger partial charge in [-0.05, 0) is 47.5 Å². The van der Waals surface area contributed by atoms with Crippen molar-refractivity contribution < 1.29 is 4.79 Å². The van der Waals surface area contributed by atoms with Gasteiger partial charge in [-0.3, -0.25) is 4.79 Å². The number of benzene rings is 1. The summed E-state index contributed by atoms with van der Waals surface area (Å²) in [6, 6.07) is 5.85. The van der Waals surface area contributed by atoms with Gasteiger partial charge in [-0.25, -0.2) is 0 Å². The molecule has 1 aromatic carbocycles. The number of ketones is 1. The van der Waals surface area contributed by atoms with E-state index in [0.29, 0.717) is 0 Å². The smallest absolute Gasteiger partial charge is 0.160 e. The van der Waals surface area contributed by atoms with Crippen molar-refractivity contribution in [2.45, 2.75) is 20.3 Å². The molecule has 0 radical (unpaired) electrons. The second kappa shape index (κ2) is 6.60. The maximum Gasteiger partial charge on any atom is 0.160 e. The molecule has 0 fully saturated rings. The molecule has 0 spiro atoms. The number of nitrogens with zero attached hydrogens (tertiary/aromatic N) is 1. The van der Waals surface area contributed by atoms with Gasteiger partial charge in [0.15, 0.2) is 5.78 Å². The molecule has 0 atom stereocenters. The highest BCUT2D eigenvalue weighted by Crippen LogP contribution is 2.24. The Bertz CT molecular complexity index is 415. The van der Waals surface area contributed by atoms with E-state index in [1.54, 1.807) is 6.92 Å².